The molecule has 108 valence electrons. The van der Waals surface area contributed by atoms with Crippen molar-refractivity contribution in [1.82, 2.24) is 29.4 Å². The van der Waals surface area contributed by atoms with Crippen molar-refractivity contribution in [3.05, 3.63) is 36.2 Å². The lowest BCUT2D eigenvalue weighted by Crippen LogP contribution is -2.21. The molecule has 0 aromatic carbocycles. The molecule has 9 heteroatoms. The molecule has 1 atom stereocenters. The van der Waals surface area contributed by atoms with E-state index in [9.17, 15) is 9.90 Å². The second-order valence-corrected chi connectivity index (χ2v) is 4.58. The Bertz CT molecular complexity index is 807. The SMILES string of the molecule is Cc1nnc2c(NC(C(=O)O)c3cnn(C)c3)nccn12. The van der Waals surface area contributed by atoms with Gasteiger partial charge in [0, 0.05) is 31.2 Å². The number of carboxylic acid groups (broad SMARTS) is 1. The Balaban J connectivity index is 2.00. The van der Waals surface area contributed by atoms with Crippen LogP contribution in [-0.4, -0.2) is 40.4 Å². The van der Waals surface area contributed by atoms with Gasteiger partial charge in [-0.2, -0.15) is 5.10 Å². The van der Waals surface area contributed by atoms with Crippen LogP contribution in [0, 0.1) is 6.92 Å². The summed E-state index contributed by atoms with van der Waals surface area (Å²) >= 11 is 0. The number of anilines is 1. The van der Waals surface area contributed by atoms with Crippen molar-refractivity contribution in [1.29, 1.82) is 0 Å². The highest BCUT2D eigenvalue weighted by Gasteiger charge is 2.23. The van der Waals surface area contributed by atoms with E-state index in [1.807, 2.05) is 0 Å². The van der Waals surface area contributed by atoms with Crippen LogP contribution in [0.15, 0.2) is 24.8 Å². The van der Waals surface area contributed by atoms with Gasteiger partial charge in [0.05, 0.1) is 6.20 Å². The summed E-state index contributed by atoms with van der Waals surface area (Å²) in [4.78, 5) is 15.6. The molecular formula is C12H13N7O2. The molecule has 0 radical (unpaired) electrons. The monoisotopic (exact) mass is 287 g/mol. The van der Waals surface area contributed by atoms with Crippen LogP contribution in [0.4, 0.5) is 5.82 Å². The Hall–Kier alpha value is -2.97. The summed E-state index contributed by atoms with van der Waals surface area (Å²) in [6.07, 6.45) is 6.42. The average Bonchev–Trinajstić information content (AvgIpc) is 3.03. The first-order valence-electron chi connectivity index (χ1n) is 6.20. The van der Waals surface area contributed by atoms with Crippen LogP contribution in [0.1, 0.15) is 17.4 Å². The van der Waals surface area contributed by atoms with Gasteiger partial charge in [0.15, 0.2) is 11.9 Å². The highest BCUT2D eigenvalue weighted by atomic mass is 16.4. The number of nitrogens with zero attached hydrogens (tertiary/aromatic N) is 6. The lowest BCUT2D eigenvalue weighted by atomic mass is 10.1. The third kappa shape index (κ3) is 2.29. The summed E-state index contributed by atoms with van der Waals surface area (Å²) in [7, 11) is 1.73. The Morgan fingerprint density at radius 3 is 2.90 bits per heavy atom. The van der Waals surface area contributed by atoms with Crippen molar-refractivity contribution in [2.24, 2.45) is 7.05 Å². The van der Waals surface area contributed by atoms with E-state index in [1.165, 1.54) is 6.20 Å². The zero-order chi connectivity index (χ0) is 15.0. The van der Waals surface area contributed by atoms with E-state index >= 15 is 0 Å². The third-order valence-electron chi connectivity index (χ3n) is 3.08. The number of hydrogen-bond acceptors (Lipinski definition) is 6. The predicted octanol–water partition coefficient (Wildman–Crippen LogP) is 0.404. The van der Waals surface area contributed by atoms with Crippen molar-refractivity contribution in [3.8, 4) is 0 Å². The summed E-state index contributed by atoms with van der Waals surface area (Å²) in [5.74, 6) is 0.0288. The number of aliphatic carboxylic acids is 1. The van der Waals surface area contributed by atoms with E-state index in [1.54, 1.807) is 41.6 Å². The number of aryl methyl sites for hydroxylation is 2. The molecule has 0 saturated carbocycles. The molecule has 21 heavy (non-hydrogen) atoms. The van der Waals surface area contributed by atoms with Crippen LogP contribution in [0.3, 0.4) is 0 Å². The lowest BCUT2D eigenvalue weighted by Gasteiger charge is -2.13. The molecule has 0 aliphatic carbocycles. The van der Waals surface area contributed by atoms with Crippen LogP contribution < -0.4 is 5.32 Å². The van der Waals surface area contributed by atoms with Crippen LogP contribution in [-0.2, 0) is 11.8 Å². The minimum atomic E-state index is -1.02. The molecule has 1 unspecified atom stereocenters. The second-order valence-electron chi connectivity index (χ2n) is 4.58. The second kappa shape index (κ2) is 4.85. The van der Waals surface area contributed by atoms with Crippen molar-refractivity contribution >= 4 is 17.4 Å². The third-order valence-corrected chi connectivity index (χ3v) is 3.08. The van der Waals surface area contributed by atoms with E-state index in [-0.39, 0.29) is 0 Å². The average molecular weight is 287 g/mol. The van der Waals surface area contributed by atoms with Gasteiger partial charge in [0.1, 0.15) is 5.82 Å². The van der Waals surface area contributed by atoms with Gasteiger partial charge in [-0.25, -0.2) is 9.78 Å². The van der Waals surface area contributed by atoms with Crippen molar-refractivity contribution < 1.29 is 9.90 Å². The van der Waals surface area contributed by atoms with Gasteiger partial charge >= 0.3 is 5.97 Å². The largest absolute Gasteiger partial charge is 0.479 e. The fraction of sp³-hybridized carbons (Fsp3) is 0.250. The Kier molecular flexibility index (Phi) is 3.01. The molecule has 0 saturated heterocycles. The van der Waals surface area contributed by atoms with Gasteiger partial charge in [-0.1, -0.05) is 0 Å². The number of hydrogen-bond donors (Lipinski definition) is 2. The quantitative estimate of drug-likeness (QED) is 0.714. The molecule has 9 nitrogen and oxygen atoms in total. The number of nitrogens with one attached hydrogen (secondary N) is 1. The number of carboxylic acids is 1. The van der Waals surface area contributed by atoms with E-state index in [0.717, 1.165) is 0 Å². The van der Waals surface area contributed by atoms with Crippen LogP contribution in [0.2, 0.25) is 0 Å². The topological polar surface area (TPSA) is 110 Å². The number of fused-ring (bicyclic) bond motifs is 1. The highest BCUT2D eigenvalue weighted by Crippen LogP contribution is 2.20. The normalized spacial score (nSPS) is 12.5. The van der Waals surface area contributed by atoms with Crippen LogP contribution in [0.25, 0.3) is 5.65 Å². The van der Waals surface area contributed by atoms with E-state index in [0.29, 0.717) is 22.9 Å². The molecular weight excluding hydrogens is 274 g/mol. The number of carbonyl (C=O) groups is 1. The Labute approximate surface area is 119 Å². The van der Waals surface area contributed by atoms with Crippen LogP contribution >= 0.6 is 0 Å². The summed E-state index contributed by atoms with van der Waals surface area (Å²) in [5.41, 5.74) is 1.01. The molecule has 0 bridgehead atoms. The predicted molar refractivity (Wildman–Crippen MR) is 72.7 cm³/mol. The highest BCUT2D eigenvalue weighted by molar-refractivity contribution is 5.80. The molecule has 0 amide bonds. The Morgan fingerprint density at radius 1 is 1.43 bits per heavy atom. The van der Waals surface area contributed by atoms with Gasteiger partial charge in [-0.15, -0.1) is 10.2 Å². The molecule has 3 heterocycles. The summed E-state index contributed by atoms with van der Waals surface area (Å²) in [6, 6.07) is -0.964. The van der Waals surface area contributed by atoms with Crippen LogP contribution in [0.5, 0.6) is 0 Å². The van der Waals surface area contributed by atoms with E-state index in [4.69, 9.17) is 0 Å². The van der Waals surface area contributed by atoms with Crippen molar-refractivity contribution in [2.45, 2.75) is 13.0 Å². The van der Waals surface area contributed by atoms with Gasteiger partial charge in [0.2, 0.25) is 5.65 Å². The molecule has 3 rings (SSSR count). The molecule has 2 N–H and O–H groups in total. The molecule has 0 aliphatic rings. The maximum Gasteiger partial charge on any atom is 0.330 e. The van der Waals surface area contributed by atoms with E-state index < -0.39 is 12.0 Å². The first-order valence-corrected chi connectivity index (χ1v) is 6.20. The minimum absolute atomic E-state index is 0.356. The molecule has 0 aliphatic heterocycles. The van der Waals surface area contributed by atoms with Gasteiger partial charge < -0.3 is 10.4 Å². The maximum atomic E-state index is 11.5. The number of aromatic nitrogens is 6. The number of rotatable bonds is 4. The summed E-state index contributed by atoms with van der Waals surface area (Å²) in [5, 5.41) is 24.2. The van der Waals surface area contributed by atoms with Crippen molar-refractivity contribution in [2.75, 3.05) is 5.32 Å². The Morgan fingerprint density at radius 2 is 2.24 bits per heavy atom. The minimum Gasteiger partial charge on any atom is -0.479 e. The summed E-state index contributed by atoms with van der Waals surface area (Å²) < 4.78 is 3.28. The van der Waals surface area contributed by atoms with Gasteiger partial charge in [0.25, 0.3) is 0 Å². The van der Waals surface area contributed by atoms with Gasteiger partial charge in [-0.3, -0.25) is 9.08 Å². The zero-order valence-electron chi connectivity index (χ0n) is 11.4. The summed E-state index contributed by atoms with van der Waals surface area (Å²) in [6.45, 7) is 1.81. The first kappa shape index (κ1) is 13.0. The molecule has 3 aromatic rings. The molecule has 0 fully saturated rings. The maximum absolute atomic E-state index is 11.5. The molecule has 0 spiro atoms. The fourth-order valence-corrected chi connectivity index (χ4v) is 2.06. The smallest absolute Gasteiger partial charge is 0.330 e. The van der Waals surface area contributed by atoms with Crippen molar-refractivity contribution in [3.63, 3.8) is 0 Å². The fourth-order valence-electron chi connectivity index (χ4n) is 2.06. The first-order chi connectivity index (χ1) is 10.1. The van der Waals surface area contributed by atoms with E-state index in [2.05, 4.69) is 25.6 Å². The molecule has 3 aromatic heterocycles. The van der Waals surface area contributed by atoms with Gasteiger partial charge in [-0.05, 0) is 6.92 Å². The lowest BCUT2D eigenvalue weighted by molar-refractivity contribution is -0.138. The zero-order valence-corrected chi connectivity index (χ0v) is 11.4. The standard InChI is InChI=1S/C12H13N7O2/c1-7-16-17-11-10(13-3-4-19(7)11)15-9(12(20)21)8-5-14-18(2)6-8/h3-6,9H,1-2H3,(H,13,15)(H,20,21).